The lowest BCUT2D eigenvalue weighted by Crippen LogP contribution is -2.60. The molecule has 1 heterocycles. The third-order valence-corrected chi connectivity index (χ3v) is 4.51. The summed E-state index contributed by atoms with van der Waals surface area (Å²) in [4.78, 5) is 2.58. The third kappa shape index (κ3) is 2.29. The van der Waals surface area contributed by atoms with Crippen molar-refractivity contribution in [2.24, 2.45) is 5.92 Å². The second kappa shape index (κ2) is 4.63. The Hall–Kier alpha value is -0.930. The molecule has 0 amide bonds. The standard InChI is InChI=1S/C15H21FN2/c1-15(13-4-5-13)11-17-8-9-18(15)10-12-2-6-14(16)7-3-12/h2-3,6-7,13,17H,4-5,8-11H2,1H3. The Labute approximate surface area is 108 Å². The molecule has 2 aliphatic rings. The van der Waals surface area contributed by atoms with E-state index >= 15 is 0 Å². The fourth-order valence-electron chi connectivity index (χ4n) is 3.10. The van der Waals surface area contributed by atoms with E-state index in [1.807, 2.05) is 12.1 Å². The Balaban J connectivity index is 1.75. The highest BCUT2D eigenvalue weighted by molar-refractivity contribution is 5.17. The minimum atomic E-state index is -0.149. The van der Waals surface area contributed by atoms with Gasteiger partial charge in [0.2, 0.25) is 0 Å². The molecule has 1 aromatic carbocycles. The fraction of sp³-hybridized carbons (Fsp3) is 0.600. The first kappa shape index (κ1) is 12.1. The van der Waals surface area contributed by atoms with E-state index in [-0.39, 0.29) is 11.4 Å². The molecule has 1 atom stereocenters. The predicted molar refractivity (Wildman–Crippen MR) is 70.8 cm³/mol. The molecule has 3 heteroatoms. The zero-order chi connectivity index (χ0) is 12.6. The van der Waals surface area contributed by atoms with Crippen LogP contribution >= 0.6 is 0 Å². The Morgan fingerprint density at radius 1 is 1.33 bits per heavy atom. The zero-order valence-electron chi connectivity index (χ0n) is 11.0. The van der Waals surface area contributed by atoms with E-state index in [4.69, 9.17) is 0 Å². The van der Waals surface area contributed by atoms with Crippen molar-refractivity contribution in [2.75, 3.05) is 19.6 Å². The number of nitrogens with one attached hydrogen (secondary N) is 1. The summed E-state index contributed by atoms with van der Waals surface area (Å²) in [5, 5.41) is 3.52. The van der Waals surface area contributed by atoms with Gasteiger partial charge in [0.15, 0.2) is 0 Å². The first-order chi connectivity index (χ1) is 8.68. The lowest BCUT2D eigenvalue weighted by atomic mass is 9.90. The van der Waals surface area contributed by atoms with Crippen LogP contribution in [-0.4, -0.2) is 30.1 Å². The Morgan fingerprint density at radius 2 is 2.06 bits per heavy atom. The van der Waals surface area contributed by atoms with Gasteiger partial charge >= 0.3 is 0 Å². The second-order valence-electron chi connectivity index (χ2n) is 5.86. The monoisotopic (exact) mass is 248 g/mol. The molecule has 2 fully saturated rings. The summed E-state index contributed by atoms with van der Waals surface area (Å²) in [5.74, 6) is 0.690. The molecule has 1 N–H and O–H groups in total. The highest BCUT2D eigenvalue weighted by Gasteiger charge is 2.46. The van der Waals surface area contributed by atoms with Crippen molar-refractivity contribution in [3.63, 3.8) is 0 Å². The lowest BCUT2D eigenvalue weighted by Gasteiger charge is -2.46. The summed E-state index contributed by atoms with van der Waals surface area (Å²) < 4.78 is 12.9. The molecular weight excluding hydrogens is 227 g/mol. The first-order valence-corrected chi connectivity index (χ1v) is 6.89. The van der Waals surface area contributed by atoms with Crippen molar-refractivity contribution < 1.29 is 4.39 Å². The van der Waals surface area contributed by atoms with E-state index in [1.54, 1.807) is 12.1 Å². The summed E-state index contributed by atoms with van der Waals surface area (Å²) >= 11 is 0. The maximum Gasteiger partial charge on any atom is 0.123 e. The molecule has 0 aromatic heterocycles. The van der Waals surface area contributed by atoms with Crippen molar-refractivity contribution in [1.82, 2.24) is 10.2 Å². The molecule has 1 aliphatic carbocycles. The molecule has 0 spiro atoms. The summed E-state index contributed by atoms with van der Waals surface area (Å²) in [5.41, 5.74) is 1.50. The number of halogens is 1. The zero-order valence-corrected chi connectivity index (χ0v) is 11.0. The van der Waals surface area contributed by atoms with Crippen LogP contribution in [0, 0.1) is 11.7 Å². The van der Waals surface area contributed by atoms with Crippen LogP contribution in [0.15, 0.2) is 24.3 Å². The Bertz CT molecular complexity index is 413. The van der Waals surface area contributed by atoms with E-state index in [0.717, 1.165) is 32.1 Å². The van der Waals surface area contributed by atoms with Crippen LogP contribution in [0.4, 0.5) is 4.39 Å². The summed E-state index contributed by atoms with van der Waals surface area (Å²) in [6.45, 7) is 6.54. The molecule has 1 saturated carbocycles. The normalized spacial score (nSPS) is 29.4. The van der Waals surface area contributed by atoms with Gasteiger partial charge in [-0.25, -0.2) is 4.39 Å². The minimum absolute atomic E-state index is 0.149. The van der Waals surface area contributed by atoms with E-state index < -0.39 is 0 Å². The van der Waals surface area contributed by atoms with Gasteiger partial charge in [-0.2, -0.15) is 0 Å². The third-order valence-electron chi connectivity index (χ3n) is 4.51. The highest BCUT2D eigenvalue weighted by atomic mass is 19.1. The molecule has 98 valence electrons. The SMILES string of the molecule is CC1(C2CC2)CNCCN1Cc1ccc(F)cc1. The Morgan fingerprint density at radius 3 is 2.72 bits per heavy atom. The lowest BCUT2D eigenvalue weighted by molar-refractivity contribution is 0.0484. The van der Waals surface area contributed by atoms with Crippen LogP contribution in [0.1, 0.15) is 25.3 Å². The van der Waals surface area contributed by atoms with Crippen LogP contribution in [0.2, 0.25) is 0 Å². The number of rotatable bonds is 3. The summed E-state index contributed by atoms with van der Waals surface area (Å²) in [7, 11) is 0. The van der Waals surface area contributed by atoms with Crippen LogP contribution in [-0.2, 0) is 6.54 Å². The van der Waals surface area contributed by atoms with Crippen LogP contribution in [0.3, 0.4) is 0 Å². The van der Waals surface area contributed by atoms with Crippen molar-refractivity contribution in [3.05, 3.63) is 35.6 Å². The first-order valence-electron chi connectivity index (χ1n) is 6.89. The molecule has 2 nitrogen and oxygen atoms in total. The smallest absolute Gasteiger partial charge is 0.123 e. The van der Waals surface area contributed by atoms with Gasteiger partial charge in [-0.1, -0.05) is 12.1 Å². The molecule has 0 bridgehead atoms. The number of hydrogen-bond acceptors (Lipinski definition) is 2. The minimum Gasteiger partial charge on any atom is -0.314 e. The van der Waals surface area contributed by atoms with Gasteiger partial charge in [0.1, 0.15) is 5.82 Å². The Kier molecular flexibility index (Phi) is 3.12. The molecule has 18 heavy (non-hydrogen) atoms. The van der Waals surface area contributed by atoms with Crippen molar-refractivity contribution in [1.29, 1.82) is 0 Å². The van der Waals surface area contributed by atoms with Gasteiger partial charge in [0.05, 0.1) is 0 Å². The molecule has 1 unspecified atom stereocenters. The number of nitrogens with zero attached hydrogens (tertiary/aromatic N) is 1. The van der Waals surface area contributed by atoms with Crippen molar-refractivity contribution in [2.45, 2.75) is 31.8 Å². The fourth-order valence-corrected chi connectivity index (χ4v) is 3.10. The van der Waals surface area contributed by atoms with Gasteiger partial charge in [-0.05, 0) is 43.4 Å². The molecule has 0 radical (unpaired) electrons. The maximum absolute atomic E-state index is 12.9. The van der Waals surface area contributed by atoms with E-state index in [9.17, 15) is 4.39 Å². The largest absolute Gasteiger partial charge is 0.314 e. The number of benzene rings is 1. The van der Waals surface area contributed by atoms with Gasteiger partial charge in [-0.15, -0.1) is 0 Å². The summed E-state index contributed by atoms with van der Waals surface area (Å²) in [6, 6.07) is 6.94. The van der Waals surface area contributed by atoms with Crippen molar-refractivity contribution in [3.8, 4) is 0 Å². The van der Waals surface area contributed by atoms with Crippen molar-refractivity contribution >= 4 is 0 Å². The average Bonchev–Trinajstić information content (AvgIpc) is 3.19. The molecule has 1 aromatic rings. The predicted octanol–water partition coefficient (Wildman–Crippen LogP) is 2.40. The van der Waals surface area contributed by atoms with Gasteiger partial charge in [0, 0.05) is 31.7 Å². The van der Waals surface area contributed by atoms with Gasteiger partial charge in [-0.3, -0.25) is 4.90 Å². The van der Waals surface area contributed by atoms with E-state index in [1.165, 1.54) is 18.4 Å². The van der Waals surface area contributed by atoms with E-state index in [0.29, 0.717) is 0 Å². The molecule has 3 rings (SSSR count). The molecule has 1 aliphatic heterocycles. The van der Waals surface area contributed by atoms with Gasteiger partial charge in [0.25, 0.3) is 0 Å². The van der Waals surface area contributed by atoms with Crippen LogP contribution in [0.5, 0.6) is 0 Å². The van der Waals surface area contributed by atoms with E-state index in [2.05, 4.69) is 17.1 Å². The highest BCUT2D eigenvalue weighted by Crippen LogP contribution is 2.43. The number of hydrogen-bond donors (Lipinski definition) is 1. The molecular formula is C15H21FN2. The number of piperazine rings is 1. The quantitative estimate of drug-likeness (QED) is 0.883. The topological polar surface area (TPSA) is 15.3 Å². The second-order valence-corrected chi connectivity index (χ2v) is 5.86. The van der Waals surface area contributed by atoms with Crippen LogP contribution in [0.25, 0.3) is 0 Å². The summed E-state index contributed by atoms with van der Waals surface area (Å²) in [6.07, 6.45) is 2.72. The van der Waals surface area contributed by atoms with Crippen LogP contribution < -0.4 is 5.32 Å². The molecule has 1 saturated heterocycles. The maximum atomic E-state index is 12.9. The van der Waals surface area contributed by atoms with Gasteiger partial charge < -0.3 is 5.32 Å². The average molecular weight is 248 g/mol.